The van der Waals surface area contributed by atoms with Gasteiger partial charge in [0.25, 0.3) is 0 Å². The highest BCUT2D eigenvalue weighted by Gasteiger charge is 2.47. The number of aliphatic hydroxyl groups excluding tert-OH is 1. The van der Waals surface area contributed by atoms with Crippen LogP contribution < -0.4 is 5.32 Å². The number of aliphatic hydroxyl groups is 1. The fourth-order valence-corrected chi connectivity index (χ4v) is 8.28. The van der Waals surface area contributed by atoms with Gasteiger partial charge >= 0.3 is 12.1 Å². The van der Waals surface area contributed by atoms with E-state index in [1.165, 1.54) is 0 Å². The van der Waals surface area contributed by atoms with Crippen LogP contribution in [0.25, 0.3) is 11.1 Å². The van der Waals surface area contributed by atoms with Crippen LogP contribution in [0.5, 0.6) is 0 Å². The molecule has 3 heterocycles. The van der Waals surface area contributed by atoms with Gasteiger partial charge in [0.05, 0.1) is 18.8 Å². The molecule has 264 valence electrons. The number of carbonyl (C=O) groups is 2. The van der Waals surface area contributed by atoms with E-state index in [2.05, 4.69) is 22.4 Å². The van der Waals surface area contributed by atoms with E-state index in [1.54, 1.807) is 23.1 Å². The Labute approximate surface area is 296 Å². The highest BCUT2D eigenvalue weighted by Crippen LogP contribution is 2.43. The van der Waals surface area contributed by atoms with E-state index in [0.29, 0.717) is 17.1 Å². The number of likely N-dealkylation sites (tertiary alicyclic amines) is 1. The highest BCUT2D eigenvalue weighted by molar-refractivity contribution is 8.01. The molecule has 0 aliphatic carbocycles. The van der Waals surface area contributed by atoms with Gasteiger partial charge in [-0.15, -0.1) is 10.2 Å². The summed E-state index contributed by atoms with van der Waals surface area (Å²) in [5, 5.41) is 21.6. The van der Waals surface area contributed by atoms with Crippen LogP contribution in [0.15, 0.2) is 77.1 Å². The molecule has 2 N–H and O–H groups in total. The van der Waals surface area contributed by atoms with Gasteiger partial charge in [-0.3, -0.25) is 9.59 Å². The molecule has 2 amide bonds. The van der Waals surface area contributed by atoms with Crippen molar-refractivity contribution in [2.75, 3.05) is 12.3 Å². The molecule has 1 aromatic heterocycles. The second kappa shape index (κ2) is 15.6. The lowest BCUT2D eigenvalue weighted by molar-refractivity contribution is -0.268. The van der Waals surface area contributed by atoms with E-state index < -0.39 is 30.3 Å². The van der Waals surface area contributed by atoms with E-state index in [0.717, 1.165) is 42.7 Å². The van der Waals surface area contributed by atoms with E-state index in [-0.39, 0.29) is 44.2 Å². The number of amides is 2. The van der Waals surface area contributed by atoms with Crippen LogP contribution in [0.2, 0.25) is 0 Å². The molecular weight excluding hydrogens is 690 g/mol. The van der Waals surface area contributed by atoms with Gasteiger partial charge in [0.15, 0.2) is 10.6 Å². The summed E-state index contributed by atoms with van der Waals surface area (Å²) in [5.74, 6) is -1.94. The Morgan fingerprint density at radius 2 is 1.74 bits per heavy atom. The number of thioether (sulfide) groups is 1. The molecular formula is C36H37F3N4O5S2. The van der Waals surface area contributed by atoms with Crippen LogP contribution in [-0.2, 0) is 32.2 Å². The summed E-state index contributed by atoms with van der Waals surface area (Å²) in [7, 11) is 0. The monoisotopic (exact) mass is 726 g/mol. The second-order valence-electron chi connectivity index (χ2n) is 12.4. The summed E-state index contributed by atoms with van der Waals surface area (Å²) in [6, 6.07) is 22.0. The number of nitrogens with zero attached hydrogens (tertiary/aromatic N) is 3. The number of alkyl halides is 3. The minimum Gasteiger partial charge on any atom is -0.392 e. The predicted octanol–water partition coefficient (Wildman–Crippen LogP) is 6.76. The Hall–Kier alpha value is -3.82. The summed E-state index contributed by atoms with van der Waals surface area (Å²) in [5.41, 5.74) is 5.13. The van der Waals surface area contributed by atoms with Crippen molar-refractivity contribution in [1.82, 2.24) is 20.4 Å². The van der Waals surface area contributed by atoms with Crippen molar-refractivity contribution in [1.29, 1.82) is 0 Å². The SMILES string of the molecule is Cc1nnc(SCC2OC(c3cccc(-c4cccc(CNC(=O)C5CCCN5C(=O)C(F)(F)F)c4)c3)OC(c3ccc(CO)cc3)C2C)s1. The van der Waals surface area contributed by atoms with Gasteiger partial charge in [-0.2, -0.15) is 13.2 Å². The Bertz CT molecular complexity index is 1800. The first-order valence-corrected chi connectivity index (χ1v) is 18.1. The molecule has 5 atom stereocenters. The minimum absolute atomic E-state index is 0.00529. The van der Waals surface area contributed by atoms with Crippen molar-refractivity contribution < 1.29 is 37.3 Å². The molecule has 14 heteroatoms. The van der Waals surface area contributed by atoms with E-state index in [1.807, 2.05) is 79.7 Å². The van der Waals surface area contributed by atoms with Crippen LogP contribution in [0, 0.1) is 12.8 Å². The van der Waals surface area contributed by atoms with Gasteiger partial charge in [-0.25, -0.2) is 0 Å². The van der Waals surface area contributed by atoms with Crippen LogP contribution in [-0.4, -0.2) is 62.6 Å². The maximum atomic E-state index is 13.0. The first kappa shape index (κ1) is 36.0. The largest absolute Gasteiger partial charge is 0.471 e. The number of carbonyl (C=O) groups excluding carboxylic acids is 2. The van der Waals surface area contributed by atoms with Gasteiger partial charge in [-0.05, 0) is 59.7 Å². The van der Waals surface area contributed by atoms with Crippen molar-refractivity contribution in [3.8, 4) is 11.1 Å². The summed E-state index contributed by atoms with van der Waals surface area (Å²) in [4.78, 5) is 25.3. The molecule has 0 bridgehead atoms. The van der Waals surface area contributed by atoms with Crippen molar-refractivity contribution in [3.63, 3.8) is 0 Å². The number of aromatic nitrogens is 2. The number of aryl methyl sites for hydroxylation is 1. The predicted molar refractivity (Wildman–Crippen MR) is 183 cm³/mol. The number of hydrogen-bond acceptors (Lipinski definition) is 9. The van der Waals surface area contributed by atoms with E-state index in [4.69, 9.17) is 9.47 Å². The number of hydrogen-bond donors (Lipinski definition) is 2. The first-order valence-electron chi connectivity index (χ1n) is 16.3. The molecule has 3 aromatic carbocycles. The van der Waals surface area contributed by atoms with Crippen molar-refractivity contribution in [2.45, 2.75) is 74.9 Å². The number of rotatable bonds is 10. The second-order valence-corrected chi connectivity index (χ2v) is 14.9. The smallest absolute Gasteiger partial charge is 0.392 e. The van der Waals surface area contributed by atoms with Crippen LogP contribution >= 0.6 is 23.1 Å². The lowest BCUT2D eigenvalue weighted by atomic mass is 9.91. The Balaban J connectivity index is 1.18. The lowest BCUT2D eigenvalue weighted by Gasteiger charge is -2.41. The number of ether oxygens (including phenoxy) is 2. The van der Waals surface area contributed by atoms with Crippen LogP contribution in [0.4, 0.5) is 13.2 Å². The van der Waals surface area contributed by atoms with Gasteiger partial charge in [0, 0.05) is 30.3 Å². The fourth-order valence-electron chi connectivity index (χ4n) is 6.28. The molecule has 6 rings (SSSR count). The average molecular weight is 727 g/mol. The molecule has 2 aliphatic rings. The Morgan fingerprint density at radius 3 is 2.44 bits per heavy atom. The number of benzene rings is 3. The van der Waals surface area contributed by atoms with Gasteiger partial charge in [0.2, 0.25) is 5.91 Å². The zero-order valence-corrected chi connectivity index (χ0v) is 29.1. The summed E-state index contributed by atoms with van der Waals surface area (Å²) in [6.07, 6.45) is -5.64. The molecule has 50 heavy (non-hydrogen) atoms. The zero-order chi connectivity index (χ0) is 35.4. The van der Waals surface area contributed by atoms with Crippen LogP contribution in [0.3, 0.4) is 0 Å². The molecule has 0 saturated carbocycles. The van der Waals surface area contributed by atoms with Crippen LogP contribution in [0.1, 0.15) is 59.4 Å². The van der Waals surface area contributed by atoms with Crippen molar-refractivity contribution in [2.24, 2.45) is 5.92 Å². The van der Waals surface area contributed by atoms with Gasteiger partial charge in [-0.1, -0.05) is 90.7 Å². The topological polar surface area (TPSA) is 114 Å². The summed E-state index contributed by atoms with van der Waals surface area (Å²) >= 11 is 3.14. The van der Waals surface area contributed by atoms with Gasteiger partial charge < -0.3 is 24.8 Å². The quantitative estimate of drug-likeness (QED) is 0.173. The maximum Gasteiger partial charge on any atom is 0.471 e. The Morgan fingerprint density at radius 1 is 1.00 bits per heavy atom. The molecule has 0 spiro atoms. The Kier molecular flexibility index (Phi) is 11.2. The first-order chi connectivity index (χ1) is 24.0. The van der Waals surface area contributed by atoms with Crippen molar-refractivity contribution in [3.05, 3.63) is 100 Å². The van der Waals surface area contributed by atoms with E-state index >= 15 is 0 Å². The standard InChI is InChI=1S/C36H37F3N4O5S2/c1-21-30(20-49-35-42-41-22(2)50-35)47-33(48-31(21)25-13-11-23(19-44)12-14-25)28-9-4-8-27(17-28)26-7-3-6-24(16-26)18-40-32(45)29-10-5-15-43(29)34(46)36(37,38)39/h3-4,6-9,11-14,16-17,21,29-31,33,44H,5,10,15,18-20H2,1-2H3,(H,40,45). The minimum atomic E-state index is -5.02. The normalized spacial score (nSPS) is 22.4. The number of halogens is 3. The summed E-state index contributed by atoms with van der Waals surface area (Å²) < 4.78 is 53.3. The van der Waals surface area contributed by atoms with Gasteiger partial charge in [0.1, 0.15) is 11.0 Å². The number of nitrogens with one attached hydrogen (secondary N) is 1. The lowest BCUT2D eigenvalue weighted by Crippen LogP contribution is -2.50. The van der Waals surface area contributed by atoms with Crippen molar-refractivity contribution >= 4 is 34.9 Å². The fraction of sp³-hybridized carbons (Fsp3) is 0.389. The molecule has 2 saturated heterocycles. The molecule has 9 nitrogen and oxygen atoms in total. The summed E-state index contributed by atoms with van der Waals surface area (Å²) in [6.45, 7) is 3.97. The molecule has 4 aromatic rings. The average Bonchev–Trinajstić information content (AvgIpc) is 3.79. The van der Waals surface area contributed by atoms with E-state index in [9.17, 15) is 27.9 Å². The zero-order valence-electron chi connectivity index (χ0n) is 27.4. The molecule has 0 radical (unpaired) electrons. The molecule has 2 aliphatic heterocycles. The maximum absolute atomic E-state index is 13.0. The third-order valence-electron chi connectivity index (χ3n) is 8.95. The molecule has 2 fully saturated rings. The highest BCUT2D eigenvalue weighted by atomic mass is 32.2. The molecule has 5 unspecified atom stereocenters. The third kappa shape index (κ3) is 8.37. The third-order valence-corrected chi connectivity index (χ3v) is 11.0.